The van der Waals surface area contributed by atoms with Crippen LogP contribution in [0.4, 0.5) is 4.39 Å². The summed E-state index contributed by atoms with van der Waals surface area (Å²) >= 11 is 0. The summed E-state index contributed by atoms with van der Waals surface area (Å²) in [6.45, 7) is 2.13. The van der Waals surface area contributed by atoms with Gasteiger partial charge in [0, 0.05) is 30.3 Å². The average Bonchev–Trinajstić information content (AvgIpc) is 3.18. The third-order valence-electron chi connectivity index (χ3n) is 6.41. The van der Waals surface area contributed by atoms with Gasteiger partial charge in [-0.15, -0.1) is 0 Å². The van der Waals surface area contributed by atoms with Crippen molar-refractivity contribution in [3.63, 3.8) is 0 Å². The number of hydrazone groups is 1. The molecule has 1 amide bonds. The van der Waals surface area contributed by atoms with Crippen molar-refractivity contribution >= 4 is 12.1 Å². The van der Waals surface area contributed by atoms with Gasteiger partial charge in [0.1, 0.15) is 17.9 Å². The maximum Gasteiger partial charge on any atom is 0.249 e. The van der Waals surface area contributed by atoms with E-state index >= 15 is 0 Å². The first-order chi connectivity index (χ1) is 14.4. The summed E-state index contributed by atoms with van der Waals surface area (Å²) in [6.07, 6.45) is 6.10. The minimum Gasteiger partial charge on any atom is -0.477 e. The van der Waals surface area contributed by atoms with E-state index in [1.807, 2.05) is 6.07 Å². The number of hydrogen-bond acceptors (Lipinski definition) is 6. The second-order valence-corrected chi connectivity index (χ2v) is 8.60. The number of ether oxygens (including phenoxy) is 1. The van der Waals surface area contributed by atoms with Crippen molar-refractivity contribution < 1.29 is 13.9 Å². The molecule has 30 heavy (non-hydrogen) atoms. The lowest BCUT2D eigenvalue weighted by Crippen LogP contribution is -2.69. The summed E-state index contributed by atoms with van der Waals surface area (Å²) in [5.41, 5.74) is 1.11. The number of hydrogen-bond donors (Lipinski definition) is 0. The van der Waals surface area contributed by atoms with E-state index in [0.29, 0.717) is 35.9 Å². The predicted molar refractivity (Wildman–Crippen MR) is 105 cm³/mol. The van der Waals surface area contributed by atoms with Crippen LogP contribution in [0.5, 0.6) is 5.88 Å². The highest BCUT2D eigenvalue weighted by Gasteiger charge is 2.73. The number of carbonyl (C=O) groups is 1. The van der Waals surface area contributed by atoms with E-state index in [4.69, 9.17) is 10.00 Å². The summed E-state index contributed by atoms with van der Waals surface area (Å²) in [6, 6.07) is 8.13. The Balaban J connectivity index is 1.21. The largest absolute Gasteiger partial charge is 0.477 e. The molecule has 3 aliphatic carbocycles. The molecule has 3 heterocycles. The van der Waals surface area contributed by atoms with E-state index in [0.717, 1.165) is 19.3 Å². The molecular formula is C22H20FN5O2. The molecule has 3 fully saturated rings. The van der Waals surface area contributed by atoms with Gasteiger partial charge in [-0.05, 0) is 44.4 Å². The SMILES string of the molecule is Cc1nc(C2CC=NN2C(=O)C23CC(COc4ccc(C#N)cn4)(C2)C3)ccc1F. The van der Waals surface area contributed by atoms with Crippen molar-refractivity contribution in [2.24, 2.45) is 15.9 Å². The fourth-order valence-corrected chi connectivity index (χ4v) is 4.98. The Kier molecular flexibility index (Phi) is 4.10. The van der Waals surface area contributed by atoms with Crippen molar-refractivity contribution in [3.05, 3.63) is 53.2 Å². The molecule has 0 N–H and O–H groups in total. The lowest BCUT2D eigenvalue weighted by atomic mass is 9.35. The zero-order chi connectivity index (χ0) is 20.9. The molecule has 2 aromatic rings. The van der Waals surface area contributed by atoms with Crippen molar-refractivity contribution in [2.75, 3.05) is 6.61 Å². The maximum absolute atomic E-state index is 13.6. The van der Waals surface area contributed by atoms with Gasteiger partial charge in [-0.3, -0.25) is 9.78 Å². The highest BCUT2D eigenvalue weighted by molar-refractivity contribution is 5.88. The Labute approximate surface area is 173 Å². The van der Waals surface area contributed by atoms with Gasteiger partial charge >= 0.3 is 0 Å². The lowest BCUT2D eigenvalue weighted by Gasteiger charge is -2.69. The van der Waals surface area contributed by atoms with Gasteiger partial charge in [-0.2, -0.15) is 10.4 Å². The van der Waals surface area contributed by atoms with Gasteiger partial charge < -0.3 is 4.74 Å². The van der Waals surface area contributed by atoms with Gasteiger partial charge in [0.05, 0.1) is 29.0 Å². The third kappa shape index (κ3) is 2.84. The number of pyridine rings is 2. The van der Waals surface area contributed by atoms with Crippen LogP contribution in [0, 0.1) is 34.9 Å². The molecule has 2 aromatic heterocycles. The molecule has 7 nitrogen and oxygen atoms in total. The fraction of sp³-hybridized carbons (Fsp3) is 0.409. The smallest absolute Gasteiger partial charge is 0.249 e. The average molecular weight is 405 g/mol. The van der Waals surface area contributed by atoms with Crippen LogP contribution in [0.15, 0.2) is 35.6 Å². The monoisotopic (exact) mass is 405 g/mol. The normalized spacial score (nSPS) is 28.4. The molecule has 0 spiro atoms. The molecule has 4 aliphatic rings. The van der Waals surface area contributed by atoms with Crippen molar-refractivity contribution in [1.29, 1.82) is 5.26 Å². The minimum absolute atomic E-state index is 0.00882. The number of aromatic nitrogens is 2. The lowest BCUT2D eigenvalue weighted by molar-refractivity contribution is -0.227. The Morgan fingerprint density at radius 1 is 1.33 bits per heavy atom. The molecule has 6 rings (SSSR count). The molecule has 3 saturated carbocycles. The Bertz CT molecular complexity index is 1070. The highest BCUT2D eigenvalue weighted by atomic mass is 19.1. The molecule has 0 aromatic carbocycles. The van der Waals surface area contributed by atoms with Gasteiger partial charge in [-0.1, -0.05) is 0 Å². The summed E-state index contributed by atoms with van der Waals surface area (Å²) in [4.78, 5) is 21.7. The molecule has 1 atom stereocenters. The minimum atomic E-state index is -0.379. The number of nitrogens with zero attached hydrogens (tertiary/aromatic N) is 5. The number of carbonyl (C=O) groups excluding carboxylic acids is 1. The van der Waals surface area contributed by atoms with Gasteiger partial charge in [0.2, 0.25) is 11.8 Å². The van der Waals surface area contributed by atoms with Gasteiger partial charge in [0.25, 0.3) is 0 Å². The molecule has 1 aliphatic heterocycles. The standard InChI is InChI=1S/C22H20FN5O2/c1-14-16(23)3-4-17(27-14)18-6-7-26-28(18)20(29)22-10-21(11-22,12-22)13-30-19-5-2-15(8-24)9-25-19/h2-5,7,9,18H,6,10-13H2,1H3. The van der Waals surface area contributed by atoms with Crippen LogP contribution < -0.4 is 4.74 Å². The quantitative estimate of drug-likeness (QED) is 0.761. The van der Waals surface area contributed by atoms with Crippen LogP contribution in [0.1, 0.15) is 48.7 Å². The highest BCUT2D eigenvalue weighted by Crippen LogP contribution is 2.74. The molecular weight excluding hydrogens is 385 g/mol. The Morgan fingerprint density at radius 2 is 2.13 bits per heavy atom. The fourth-order valence-electron chi connectivity index (χ4n) is 4.98. The summed E-state index contributed by atoms with van der Waals surface area (Å²) in [7, 11) is 0. The predicted octanol–water partition coefficient (Wildman–Crippen LogP) is 3.30. The van der Waals surface area contributed by atoms with E-state index in [1.165, 1.54) is 17.3 Å². The summed E-state index contributed by atoms with van der Waals surface area (Å²) in [5.74, 6) is 0.151. The van der Waals surface area contributed by atoms with Crippen LogP contribution >= 0.6 is 0 Å². The van der Waals surface area contributed by atoms with Gasteiger partial charge in [-0.25, -0.2) is 14.4 Å². The Hall–Kier alpha value is -3.34. The summed E-state index contributed by atoms with van der Waals surface area (Å²) < 4.78 is 19.4. The first kappa shape index (κ1) is 18.7. The summed E-state index contributed by atoms with van der Waals surface area (Å²) in [5, 5.41) is 14.7. The third-order valence-corrected chi connectivity index (χ3v) is 6.41. The van der Waals surface area contributed by atoms with Crippen LogP contribution in [-0.2, 0) is 4.79 Å². The molecule has 0 radical (unpaired) electrons. The molecule has 2 bridgehead atoms. The van der Waals surface area contributed by atoms with Gasteiger partial charge in [0.15, 0.2) is 0 Å². The van der Waals surface area contributed by atoms with E-state index in [9.17, 15) is 9.18 Å². The van der Waals surface area contributed by atoms with Crippen LogP contribution in [0.3, 0.4) is 0 Å². The number of amides is 1. The van der Waals surface area contributed by atoms with Crippen molar-refractivity contribution in [2.45, 2.75) is 38.6 Å². The second-order valence-electron chi connectivity index (χ2n) is 8.60. The Morgan fingerprint density at radius 3 is 2.80 bits per heavy atom. The molecule has 0 saturated heterocycles. The number of halogens is 1. The number of rotatable bonds is 5. The molecule has 152 valence electrons. The first-order valence-corrected chi connectivity index (χ1v) is 9.92. The van der Waals surface area contributed by atoms with E-state index in [-0.39, 0.29) is 28.6 Å². The van der Waals surface area contributed by atoms with Crippen LogP contribution in [-0.4, -0.2) is 33.7 Å². The second kappa shape index (κ2) is 6.59. The van der Waals surface area contributed by atoms with E-state index < -0.39 is 0 Å². The maximum atomic E-state index is 13.6. The van der Waals surface area contributed by atoms with Crippen LogP contribution in [0.2, 0.25) is 0 Å². The van der Waals surface area contributed by atoms with Crippen molar-refractivity contribution in [3.8, 4) is 11.9 Å². The van der Waals surface area contributed by atoms with E-state index in [2.05, 4.69) is 15.1 Å². The van der Waals surface area contributed by atoms with Crippen LogP contribution in [0.25, 0.3) is 0 Å². The zero-order valence-electron chi connectivity index (χ0n) is 16.5. The van der Waals surface area contributed by atoms with Crippen molar-refractivity contribution in [1.82, 2.24) is 15.0 Å². The number of aryl methyl sites for hydroxylation is 1. The molecule has 8 heteroatoms. The zero-order valence-corrected chi connectivity index (χ0v) is 16.5. The topological polar surface area (TPSA) is 91.5 Å². The molecule has 1 unspecified atom stereocenters. The van der Waals surface area contributed by atoms with E-state index in [1.54, 1.807) is 31.3 Å². The first-order valence-electron chi connectivity index (χ1n) is 9.92. The number of nitriles is 1.